The number of anilines is 2. The molecule has 0 fully saturated rings. The molecule has 1 aliphatic heterocycles. The van der Waals surface area contributed by atoms with Crippen LogP contribution in [-0.4, -0.2) is 18.3 Å². The van der Waals surface area contributed by atoms with Crippen LogP contribution in [0.5, 0.6) is 0 Å². The molecule has 0 bridgehead atoms. The summed E-state index contributed by atoms with van der Waals surface area (Å²) in [6.07, 6.45) is 0.980. The van der Waals surface area contributed by atoms with Crippen molar-refractivity contribution in [2.75, 3.05) is 18.1 Å². The van der Waals surface area contributed by atoms with Crippen LogP contribution in [0, 0.1) is 0 Å². The fourth-order valence-electron chi connectivity index (χ4n) is 2.52. The predicted octanol–water partition coefficient (Wildman–Crippen LogP) is 2.72. The van der Waals surface area contributed by atoms with Gasteiger partial charge in [-0.3, -0.25) is 0 Å². The Morgan fingerprint density at radius 2 is 1.41 bits per heavy atom. The van der Waals surface area contributed by atoms with Gasteiger partial charge < -0.3 is 10.0 Å². The van der Waals surface area contributed by atoms with Crippen molar-refractivity contribution in [1.82, 2.24) is 0 Å². The van der Waals surface area contributed by atoms with Crippen molar-refractivity contribution >= 4 is 11.4 Å². The van der Waals surface area contributed by atoms with Crippen LogP contribution in [0.4, 0.5) is 11.4 Å². The molecule has 2 heteroatoms. The quantitative estimate of drug-likeness (QED) is 0.849. The smallest absolute Gasteiger partial charge is 0.0610 e. The lowest BCUT2D eigenvalue weighted by atomic mass is 9.96. The van der Waals surface area contributed by atoms with E-state index in [4.69, 9.17) is 0 Å². The summed E-state index contributed by atoms with van der Waals surface area (Å²) in [6.45, 7) is 0.816. The van der Waals surface area contributed by atoms with E-state index in [1.54, 1.807) is 0 Å². The number of hydrogen-bond acceptors (Lipinski definition) is 2. The zero-order chi connectivity index (χ0) is 11.7. The van der Waals surface area contributed by atoms with E-state index in [1.807, 2.05) is 0 Å². The largest absolute Gasteiger partial charge is 0.395 e. The third-order valence-electron chi connectivity index (χ3n) is 3.27. The van der Waals surface area contributed by atoms with Gasteiger partial charge in [-0.2, -0.15) is 0 Å². The molecule has 17 heavy (non-hydrogen) atoms. The summed E-state index contributed by atoms with van der Waals surface area (Å²) >= 11 is 0. The number of β-amino-alcohol motifs (C(OH)–C–C–N with tert-alkyl or cyclic N) is 1. The highest BCUT2D eigenvalue weighted by molar-refractivity contribution is 5.74. The Labute approximate surface area is 101 Å². The lowest BCUT2D eigenvalue weighted by Crippen LogP contribution is -2.26. The highest BCUT2D eigenvalue weighted by Crippen LogP contribution is 2.37. The summed E-state index contributed by atoms with van der Waals surface area (Å²) in [5.41, 5.74) is 5.11. The van der Waals surface area contributed by atoms with Gasteiger partial charge in [0, 0.05) is 24.3 Å². The van der Waals surface area contributed by atoms with Crippen LogP contribution in [0.25, 0.3) is 0 Å². The Bertz CT molecular complexity index is 490. The molecule has 0 aliphatic carbocycles. The molecule has 86 valence electrons. The molecule has 0 aromatic heterocycles. The standard InChI is InChI=1S/C15H15NO/c17-10-9-16-14-7-3-1-5-12(14)11-13-6-2-4-8-15(13)16/h1-8,17H,9-11H2. The van der Waals surface area contributed by atoms with E-state index in [0.29, 0.717) is 6.54 Å². The molecule has 3 rings (SSSR count). The Morgan fingerprint density at radius 3 is 1.94 bits per heavy atom. The first-order valence-electron chi connectivity index (χ1n) is 5.94. The molecule has 2 aromatic carbocycles. The minimum Gasteiger partial charge on any atom is -0.395 e. The number of para-hydroxylation sites is 2. The normalized spacial score (nSPS) is 13.1. The van der Waals surface area contributed by atoms with Gasteiger partial charge in [0.05, 0.1) is 6.61 Å². The minimum atomic E-state index is 0.169. The van der Waals surface area contributed by atoms with Gasteiger partial charge in [-0.1, -0.05) is 36.4 Å². The molecule has 2 aromatic rings. The van der Waals surface area contributed by atoms with Crippen molar-refractivity contribution in [3.63, 3.8) is 0 Å². The first-order chi connectivity index (χ1) is 8.40. The third kappa shape index (κ3) is 1.71. The van der Waals surface area contributed by atoms with Gasteiger partial charge in [-0.25, -0.2) is 0 Å². The van der Waals surface area contributed by atoms with Gasteiger partial charge in [-0.05, 0) is 23.3 Å². The average molecular weight is 225 g/mol. The molecular weight excluding hydrogens is 210 g/mol. The molecule has 0 amide bonds. The third-order valence-corrected chi connectivity index (χ3v) is 3.27. The van der Waals surface area contributed by atoms with Gasteiger partial charge in [-0.15, -0.1) is 0 Å². The van der Waals surface area contributed by atoms with Crippen molar-refractivity contribution < 1.29 is 5.11 Å². The lowest BCUT2D eigenvalue weighted by Gasteiger charge is -2.32. The molecule has 2 nitrogen and oxygen atoms in total. The van der Waals surface area contributed by atoms with E-state index in [2.05, 4.69) is 53.4 Å². The maximum absolute atomic E-state index is 9.23. The molecule has 0 unspecified atom stereocenters. The summed E-state index contributed by atoms with van der Waals surface area (Å²) in [5.74, 6) is 0. The van der Waals surface area contributed by atoms with Crippen LogP contribution in [0.1, 0.15) is 11.1 Å². The van der Waals surface area contributed by atoms with Crippen LogP contribution in [0.15, 0.2) is 48.5 Å². The van der Waals surface area contributed by atoms with E-state index in [1.165, 1.54) is 22.5 Å². The lowest BCUT2D eigenvalue weighted by molar-refractivity contribution is 0.305. The monoisotopic (exact) mass is 225 g/mol. The fraction of sp³-hybridized carbons (Fsp3) is 0.200. The Kier molecular flexibility index (Phi) is 2.57. The molecule has 0 saturated heterocycles. The number of nitrogens with zero attached hydrogens (tertiary/aromatic N) is 1. The summed E-state index contributed by atoms with van der Waals surface area (Å²) in [7, 11) is 0. The summed E-state index contributed by atoms with van der Waals surface area (Å²) in [5, 5.41) is 9.23. The number of benzene rings is 2. The van der Waals surface area contributed by atoms with Crippen molar-refractivity contribution in [3.8, 4) is 0 Å². The highest BCUT2D eigenvalue weighted by Gasteiger charge is 2.20. The SMILES string of the molecule is OCCN1c2ccccc2Cc2ccccc21. The number of fused-ring (bicyclic) bond motifs is 2. The van der Waals surface area contributed by atoms with Gasteiger partial charge in [0.25, 0.3) is 0 Å². The zero-order valence-electron chi connectivity index (χ0n) is 9.63. The highest BCUT2D eigenvalue weighted by atomic mass is 16.3. The van der Waals surface area contributed by atoms with Crippen LogP contribution < -0.4 is 4.90 Å². The van der Waals surface area contributed by atoms with Gasteiger partial charge >= 0.3 is 0 Å². The average Bonchev–Trinajstić information content (AvgIpc) is 2.39. The van der Waals surface area contributed by atoms with E-state index in [-0.39, 0.29) is 6.61 Å². The summed E-state index contributed by atoms with van der Waals surface area (Å²) in [6, 6.07) is 16.8. The minimum absolute atomic E-state index is 0.169. The Morgan fingerprint density at radius 1 is 0.882 bits per heavy atom. The summed E-state index contributed by atoms with van der Waals surface area (Å²) in [4.78, 5) is 2.20. The van der Waals surface area contributed by atoms with Crippen LogP contribution >= 0.6 is 0 Å². The summed E-state index contributed by atoms with van der Waals surface area (Å²) < 4.78 is 0. The van der Waals surface area contributed by atoms with Crippen LogP contribution in [0.3, 0.4) is 0 Å². The topological polar surface area (TPSA) is 23.5 Å². The van der Waals surface area contributed by atoms with Gasteiger partial charge in [0.1, 0.15) is 0 Å². The van der Waals surface area contributed by atoms with E-state index >= 15 is 0 Å². The molecule has 0 saturated carbocycles. The van der Waals surface area contributed by atoms with Crippen molar-refractivity contribution in [2.45, 2.75) is 6.42 Å². The van der Waals surface area contributed by atoms with Crippen molar-refractivity contribution in [2.24, 2.45) is 0 Å². The number of aliphatic hydroxyl groups excluding tert-OH is 1. The van der Waals surface area contributed by atoms with Crippen molar-refractivity contribution in [1.29, 1.82) is 0 Å². The number of rotatable bonds is 2. The van der Waals surface area contributed by atoms with Gasteiger partial charge in [0.2, 0.25) is 0 Å². The van der Waals surface area contributed by atoms with E-state index in [9.17, 15) is 5.11 Å². The second-order valence-corrected chi connectivity index (χ2v) is 4.31. The van der Waals surface area contributed by atoms with Crippen LogP contribution in [0.2, 0.25) is 0 Å². The molecule has 0 spiro atoms. The second-order valence-electron chi connectivity index (χ2n) is 4.31. The van der Waals surface area contributed by atoms with Crippen molar-refractivity contribution in [3.05, 3.63) is 59.7 Å². The molecule has 1 N–H and O–H groups in total. The van der Waals surface area contributed by atoms with Gasteiger partial charge in [0.15, 0.2) is 0 Å². The van der Waals surface area contributed by atoms with Crippen LogP contribution in [-0.2, 0) is 6.42 Å². The van der Waals surface area contributed by atoms with E-state index in [0.717, 1.165) is 6.42 Å². The van der Waals surface area contributed by atoms with E-state index < -0.39 is 0 Å². The fourth-order valence-corrected chi connectivity index (χ4v) is 2.52. The number of hydrogen-bond donors (Lipinski definition) is 1. The Hall–Kier alpha value is -1.80. The maximum Gasteiger partial charge on any atom is 0.0610 e. The molecule has 0 atom stereocenters. The zero-order valence-corrected chi connectivity index (χ0v) is 9.63. The Balaban J connectivity index is 2.13. The maximum atomic E-state index is 9.23. The molecular formula is C15H15NO. The molecule has 1 aliphatic rings. The first kappa shape index (κ1) is 10.4. The number of aliphatic hydroxyl groups is 1. The second kappa shape index (κ2) is 4.22. The predicted molar refractivity (Wildman–Crippen MR) is 69.8 cm³/mol. The molecule has 1 heterocycles. The first-order valence-corrected chi connectivity index (χ1v) is 5.94. The molecule has 0 radical (unpaired) electrons.